The van der Waals surface area contributed by atoms with Gasteiger partial charge in [0.2, 0.25) is 0 Å². The van der Waals surface area contributed by atoms with Crippen molar-refractivity contribution < 1.29 is 0 Å². The van der Waals surface area contributed by atoms with Gasteiger partial charge in [0.15, 0.2) is 5.82 Å². The number of aryl methyl sites for hydroxylation is 2. The fourth-order valence-electron chi connectivity index (χ4n) is 2.09. The topological polar surface area (TPSA) is 42.7 Å². The SMILES string of the molecule is CCCc1ccc(C(C)NCc2ncn(C)n2)cc1. The highest BCUT2D eigenvalue weighted by molar-refractivity contribution is 5.24. The lowest BCUT2D eigenvalue weighted by Crippen LogP contribution is -2.19. The highest BCUT2D eigenvalue weighted by Gasteiger charge is 2.06. The lowest BCUT2D eigenvalue weighted by atomic mass is 10.0. The molecule has 0 amide bonds. The van der Waals surface area contributed by atoms with Gasteiger partial charge >= 0.3 is 0 Å². The number of nitrogens with one attached hydrogen (secondary N) is 1. The maximum Gasteiger partial charge on any atom is 0.164 e. The molecule has 2 aromatic rings. The molecule has 1 unspecified atom stereocenters. The normalized spacial score (nSPS) is 12.6. The van der Waals surface area contributed by atoms with E-state index in [1.54, 1.807) is 11.0 Å². The minimum atomic E-state index is 0.305. The van der Waals surface area contributed by atoms with Crippen molar-refractivity contribution >= 4 is 0 Å². The molecule has 0 radical (unpaired) electrons. The third-order valence-corrected chi connectivity index (χ3v) is 3.23. The van der Waals surface area contributed by atoms with Crippen molar-refractivity contribution in [2.24, 2.45) is 7.05 Å². The first kappa shape index (κ1) is 13.7. The zero-order chi connectivity index (χ0) is 13.7. The molecule has 0 saturated heterocycles. The summed E-state index contributed by atoms with van der Waals surface area (Å²) in [5.74, 6) is 0.831. The van der Waals surface area contributed by atoms with Gasteiger partial charge in [-0.1, -0.05) is 37.6 Å². The van der Waals surface area contributed by atoms with E-state index in [1.807, 2.05) is 7.05 Å². The van der Waals surface area contributed by atoms with Gasteiger partial charge in [0.1, 0.15) is 6.33 Å². The predicted octanol–water partition coefficient (Wildman–Crippen LogP) is 2.62. The lowest BCUT2D eigenvalue weighted by Gasteiger charge is -2.13. The van der Waals surface area contributed by atoms with Crippen molar-refractivity contribution in [3.63, 3.8) is 0 Å². The Morgan fingerprint density at radius 2 is 2.00 bits per heavy atom. The average molecular weight is 258 g/mol. The summed E-state index contributed by atoms with van der Waals surface area (Å²) in [7, 11) is 1.88. The molecule has 1 N–H and O–H groups in total. The summed E-state index contributed by atoms with van der Waals surface area (Å²) in [5.41, 5.74) is 2.71. The van der Waals surface area contributed by atoms with Crippen LogP contribution in [0, 0.1) is 0 Å². The molecular formula is C15H22N4. The fraction of sp³-hybridized carbons (Fsp3) is 0.467. The molecule has 102 valence electrons. The molecule has 0 fully saturated rings. The van der Waals surface area contributed by atoms with Gasteiger partial charge in [0.25, 0.3) is 0 Å². The maximum atomic E-state index is 4.26. The quantitative estimate of drug-likeness (QED) is 0.866. The van der Waals surface area contributed by atoms with Gasteiger partial charge in [0.05, 0.1) is 6.54 Å². The molecule has 4 heteroatoms. The molecule has 1 atom stereocenters. The summed E-state index contributed by atoms with van der Waals surface area (Å²) in [6, 6.07) is 9.15. The van der Waals surface area contributed by atoms with Crippen LogP contribution in [0.5, 0.6) is 0 Å². The second-order valence-electron chi connectivity index (χ2n) is 4.93. The third kappa shape index (κ3) is 3.89. The Kier molecular flexibility index (Phi) is 4.68. The number of rotatable bonds is 6. The van der Waals surface area contributed by atoms with Crippen LogP contribution >= 0.6 is 0 Å². The minimum absolute atomic E-state index is 0.305. The van der Waals surface area contributed by atoms with Gasteiger partial charge in [-0.3, -0.25) is 4.68 Å². The Morgan fingerprint density at radius 1 is 1.26 bits per heavy atom. The Hall–Kier alpha value is -1.68. The van der Waals surface area contributed by atoms with Crippen LogP contribution in [0.25, 0.3) is 0 Å². The monoisotopic (exact) mass is 258 g/mol. The molecule has 19 heavy (non-hydrogen) atoms. The summed E-state index contributed by atoms with van der Waals surface area (Å²) in [6.07, 6.45) is 4.07. The van der Waals surface area contributed by atoms with E-state index < -0.39 is 0 Å². The van der Waals surface area contributed by atoms with Crippen molar-refractivity contribution in [1.82, 2.24) is 20.1 Å². The first-order valence-electron chi connectivity index (χ1n) is 6.85. The van der Waals surface area contributed by atoms with Crippen LogP contribution in [-0.2, 0) is 20.0 Å². The van der Waals surface area contributed by atoms with E-state index in [-0.39, 0.29) is 0 Å². The van der Waals surface area contributed by atoms with Gasteiger partial charge < -0.3 is 5.32 Å². The highest BCUT2D eigenvalue weighted by atomic mass is 15.3. The second kappa shape index (κ2) is 6.48. The Balaban J connectivity index is 1.90. The van der Waals surface area contributed by atoms with E-state index in [0.717, 1.165) is 12.2 Å². The van der Waals surface area contributed by atoms with Gasteiger partial charge in [0, 0.05) is 13.1 Å². The van der Waals surface area contributed by atoms with Gasteiger partial charge in [-0.05, 0) is 24.5 Å². The molecule has 2 rings (SSSR count). The molecule has 4 nitrogen and oxygen atoms in total. The second-order valence-corrected chi connectivity index (χ2v) is 4.93. The predicted molar refractivity (Wildman–Crippen MR) is 76.7 cm³/mol. The molecule has 0 bridgehead atoms. The molecule has 0 aliphatic heterocycles. The Bertz CT molecular complexity index is 501. The van der Waals surface area contributed by atoms with Crippen molar-refractivity contribution in [3.8, 4) is 0 Å². The lowest BCUT2D eigenvalue weighted by molar-refractivity contribution is 0.556. The zero-order valence-corrected chi connectivity index (χ0v) is 11.9. The first-order chi connectivity index (χ1) is 9.19. The van der Waals surface area contributed by atoms with E-state index in [2.05, 4.69) is 53.5 Å². The first-order valence-corrected chi connectivity index (χ1v) is 6.85. The smallest absolute Gasteiger partial charge is 0.164 e. The number of aromatic nitrogens is 3. The van der Waals surface area contributed by atoms with Crippen LogP contribution in [0.2, 0.25) is 0 Å². The average Bonchev–Trinajstić information content (AvgIpc) is 2.83. The van der Waals surface area contributed by atoms with Crippen molar-refractivity contribution in [1.29, 1.82) is 0 Å². The van der Waals surface area contributed by atoms with Crippen LogP contribution in [0.1, 0.15) is 43.3 Å². The largest absolute Gasteiger partial charge is 0.303 e. The maximum absolute atomic E-state index is 4.26. The standard InChI is InChI=1S/C15H22N4/c1-4-5-13-6-8-14(9-7-13)12(2)16-10-15-17-11-19(3)18-15/h6-9,11-12,16H,4-5,10H2,1-3H3. The van der Waals surface area contributed by atoms with E-state index in [4.69, 9.17) is 0 Å². The molecule has 0 aliphatic rings. The van der Waals surface area contributed by atoms with E-state index >= 15 is 0 Å². The van der Waals surface area contributed by atoms with Crippen LogP contribution in [-0.4, -0.2) is 14.8 Å². The molecule has 1 aromatic carbocycles. The van der Waals surface area contributed by atoms with Crippen molar-refractivity contribution in [3.05, 3.63) is 47.5 Å². The van der Waals surface area contributed by atoms with E-state index in [9.17, 15) is 0 Å². The van der Waals surface area contributed by atoms with E-state index in [1.165, 1.54) is 17.5 Å². The fourth-order valence-corrected chi connectivity index (χ4v) is 2.09. The third-order valence-electron chi connectivity index (χ3n) is 3.23. The Morgan fingerprint density at radius 3 is 2.58 bits per heavy atom. The van der Waals surface area contributed by atoms with Crippen LogP contribution in [0.4, 0.5) is 0 Å². The molecule has 1 heterocycles. The summed E-state index contributed by atoms with van der Waals surface area (Å²) in [4.78, 5) is 4.21. The van der Waals surface area contributed by atoms with Crippen LogP contribution in [0.3, 0.4) is 0 Å². The number of nitrogens with zero attached hydrogens (tertiary/aromatic N) is 3. The van der Waals surface area contributed by atoms with Crippen molar-refractivity contribution in [2.75, 3.05) is 0 Å². The summed E-state index contributed by atoms with van der Waals surface area (Å²) in [6.45, 7) is 5.06. The van der Waals surface area contributed by atoms with Crippen molar-refractivity contribution in [2.45, 2.75) is 39.3 Å². The summed E-state index contributed by atoms with van der Waals surface area (Å²) >= 11 is 0. The van der Waals surface area contributed by atoms with Gasteiger partial charge in [-0.25, -0.2) is 4.98 Å². The number of benzene rings is 1. The molecule has 1 aromatic heterocycles. The number of hydrogen-bond donors (Lipinski definition) is 1. The zero-order valence-electron chi connectivity index (χ0n) is 11.9. The van der Waals surface area contributed by atoms with Crippen LogP contribution in [0.15, 0.2) is 30.6 Å². The van der Waals surface area contributed by atoms with Crippen LogP contribution < -0.4 is 5.32 Å². The number of hydrogen-bond acceptors (Lipinski definition) is 3. The van der Waals surface area contributed by atoms with Gasteiger partial charge in [-0.2, -0.15) is 5.10 Å². The summed E-state index contributed by atoms with van der Waals surface area (Å²) < 4.78 is 1.72. The molecule has 0 aliphatic carbocycles. The molecular weight excluding hydrogens is 236 g/mol. The molecule has 0 saturated carbocycles. The highest BCUT2D eigenvalue weighted by Crippen LogP contribution is 2.14. The summed E-state index contributed by atoms with van der Waals surface area (Å²) in [5, 5.41) is 7.70. The molecule has 0 spiro atoms. The van der Waals surface area contributed by atoms with Gasteiger partial charge in [-0.15, -0.1) is 0 Å². The minimum Gasteiger partial charge on any atom is -0.303 e. The van der Waals surface area contributed by atoms with E-state index in [0.29, 0.717) is 12.6 Å². The Labute approximate surface area is 114 Å².